The third kappa shape index (κ3) is 2.55. The average Bonchev–Trinajstić information content (AvgIpc) is 2.97. The van der Waals surface area contributed by atoms with E-state index in [9.17, 15) is 8.78 Å². The molecular weight excluding hydrogens is 332 g/mol. The van der Waals surface area contributed by atoms with Gasteiger partial charge in [-0.15, -0.1) is 0 Å². The molecule has 0 aliphatic heterocycles. The van der Waals surface area contributed by atoms with Crippen molar-refractivity contribution in [1.82, 2.24) is 14.8 Å². The molecule has 0 N–H and O–H groups in total. The number of rotatable bonds is 3. The van der Waals surface area contributed by atoms with Gasteiger partial charge in [-0.2, -0.15) is 5.10 Å². The number of hydrogen-bond donors (Lipinski definition) is 0. The summed E-state index contributed by atoms with van der Waals surface area (Å²) in [6, 6.07) is 15.3. The van der Waals surface area contributed by atoms with E-state index in [1.54, 1.807) is 11.6 Å². The molecule has 0 unspecified atom stereocenters. The second kappa shape index (κ2) is 6.16. The second-order valence-electron chi connectivity index (χ2n) is 6.75. The highest BCUT2D eigenvalue weighted by Crippen LogP contribution is 2.35. The van der Waals surface area contributed by atoms with Gasteiger partial charge in [0.1, 0.15) is 0 Å². The van der Waals surface area contributed by atoms with E-state index in [4.69, 9.17) is 4.98 Å². The van der Waals surface area contributed by atoms with Crippen molar-refractivity contribution < 1.29 is 8.78 Å². The molecule has 0 aliphatic rings. The normalized spacial score (nSPS) is 12.0. The minimum atomic E-state index is -2.59. The van der Waals surface area contributed by atoms with Crippen molar-refractivity contribution in [3.05, 3.63) is 59.8 Å². The van der Waals surface area contributed by atoms with Gasteiger partial charge in [-0.3, -0.25) is 0 Å². The van der Waals surface area contributed by atoms with Crippen LogP contribution in [0.25, 0.3) is 33.1 Å². The van der Waals surface area contributed by atoms with Gasteiger partial charge in [-0.05, 0) is 37.6 Å². The van der Waals surface area contributed by atoms with E-state index in [1.165, 1.54) is 6.07 Å². The highest BCUT2D eigenvalue weighted by atomic mass is 19.3. The number of fused-ring (bicyclic) bond motifs is 2. The van der Waals surface area contributed by atoms with Gasteiger partial charge in [0.05, 0.1) is 16.8 Å². The van der Waals surface area contributed by atoms with Crippen molar-refractivity contribution in [3.63, 3.8) is 0 Å². The van der Waals surface area contributed by atoms with E-state index < -0.39 is 6.43 Å². The molecular formula is C21H19F2N3. The zero-order valence-corrected chi connectivity index (χ0v) is 14.9. The van der Waals surface area contributed by atoms with Gasteiger partial charge in [0.2, 0.25) is 0 Å². The zero-order chi connectivity index (χ0) is 18.4. The Morgan fingerprint density at radius 1 is 1.00 bits per heavy atom. The lowest BCUT2D eigenvalue weighted by atomic mass is 10.00. The summed E-state index contributed by atoms with van der Waals surface area (Å²) in [7, 11) is 0. The van der Waals surface area contributed by atoms with E-state index in [2.05, 4.69) is 5.10 Å². The molecule has 0 saturated carbocycles. The fraction of sp³-hybridized carbons (Fsp3) is 0.238. The Balaban J connectivity index is 2.09. The molecule has 132 valence electrons. The third-order valence-electron chi connectivity index (χ3n) is 4.66. The number of aryl methyl sites for hydroxylation is 1. The monoisotopic (exact) mass is 351 g/mol. The summed E-state index contributed by atoms with van der Waals surface area (Å²) in [5, 5.41) is 6.96. The Kier molecular flexibility index (Phi) is 3.94. The highest BCUT2D eigenvalue weighted by Gasteiger charge is 2.22. The summed E-state index contributed by atoms with van der Waals surface area (Å²) in [5.41, 5.74) is 2.48. The molecule has 3 nitrogen and oxygen atoms in total. The van der Waals surface area contributed by atoms with Crippen LogP contribution in [0.5, 0.6) is 0 Å². The summed E-state index contributed by atoms with van der Waals surface area (Å²) in [5.74, 6) is 0. The van der Waals surface area contributed by atoms with E-state index >= 15 is 0 Å². The van der Waals surface area contributed by atoms with Crippen molar-refractivity contribution in [2.75, 3.05) is 0 Å². The number of nitrogens with zero attached hydrogens (tertiary/aromatic N) is 3. The SMILES string of the molecule is Cc1nn(C(C)C)c2nc(-c3cccc4ccccc34)cc(C(F)F)c12. The first-order valence-electron chi connectivity index (χ1n) is 8.63. The summed E-state index contributed by atoms with van der Waals surface area (Å²) in [4.78, 5) is 4.75. The molecule has 0 saturated heterocycles. The molecule has 0 aliphatic carbocycles. The first-order valence-corrected chi connectivity index (χ1v) is 8.63. The van der Waals surface area contributed by atoms with Crippen LogP contribution in [0.1, 0.15) is 37.6 Å². The van der Waals surface area contributed by atoms with Crippen LogP contribution in [-0.4, -0.2) is 14.8 Å². The van der Waals surface area contributed by atoms with Crippen LogP contribution in [-0.2, 0) is 0 Å². The summed E-state index contributed by atoms with van der Waals surface area (Å²) >= 11 is 0. The fourth-order valence-corrected chi connectivity index (χ4v) is 3.47. The number of halogens is 2. The fourth-order valence-electron chi connectivity index (χ4n) is 3.47. The summed E-state index contributed by atoms with van der Waals surface area (Å²) in [6.07, 6.45) is -2.59. The molecule has 5 heteroatoms. The Hall–Kier alpha value is -2.82. The smallest absolute Gasteiger partial charge is 0.244 e. The lowest BCUT2D eigenvalue weighted by Gasteiger charge is -2.12. The Morgan fingerprint density at radius 3 is 2.46 bits per heavy atom. The van der Waals surface area contributed by atoms with Crippen molar-refractivity contribution in [2.45, 2.75) is 33.2 Å². The van der Waals surface area contributed by atoms with Gasteiger partial charge in [-0.1, -0.05) is 42.5 Å². The Morgan fingerprint density at radius 2 is 1.73 bits per heavy atom. The number of alkyl halides is 2. The number of pyridine rings is 1. The molecule has 0 atom stereocenters. The predicted octanol–water partition coefficient (Wildman–Crippen LogP) is 6.08. The molecule has 26 heavy (non-hydrogen) atoms. The first-order chi connectivity index (χ1) is 12.5. The van der Waals surface area contributed by atoms with Crippen molar-refractivity contribution in [1.29, 1.82) is 0 Å². The van der Waals surface area contributed by atoms with Crippen LogP contribution in [0.4, 0.5) is 8.78 Å². The topological polar surface area (TPSA) is 30.7 Å². The zero-order valence-electron chi connectivity index (χ0n) is 14.9. The van der Waals surface area contributed by atoms with E-state index in [0.29, 0.717) is 22.4 Å². The predicted molar refractivity (Wildman–Crippen MR) is 101 cm³/mol. The molecule has 0 radical (unpaired) electrons. The van der Waals surface area contributed by atoms with Crippen molar-refractivity contribution in [3.8, 4) is 11.3 Å². The Labute approximate surface area is 150 Å². The van der Waals surface area contributed by atoms with Crippen LogP contribution in [0.15, 0.2) is 48.5 Å². The van der Waals surface area contributed by atoms with E-state index in [1.807, 2.05) is 56.3 Å². The van der Waals surface area contributed by atoms with Crippen LogP contribution in [0.2, 0.25) is 0 Å². The van der Waals surface area contributed by atoms with Gasteiger partial charge >= 0.3 is 0 Å². The lowest BCUT2D eigenvalue weighted by molar-refractivity contribution is 0.153. The molecule has 4 aromatic rings. The second-order valence-corrected chi connectivity index (χ2v) is 6.75. The minimum absolute atomic E-state index is 0.0117. The lowest BCUT2D eigenvalue weighted by Crippen LogP contribution is -2.04. The maximum atomic E-state index is 13.8. The van der Waals surface area contributed by atoms with Crippen molar-refractivity contribution >= 4 is 21.8 Å². The largest absolute Gasteiger partial charge is 0.264 e. The highest BCUT2D eigenvalue weighted by molar-refractivity contribution is 5.97. The maximum Gasteiger partial charge on any atom is 0.264 e. The molecule has 2 heterocycles. The van der Waals surface area contributed by atoms with Gasteiger partial charge in [0, 0.05) is 17.2 Å². The summed E-state index contributed by atoms with van der Waals surface area (Å²) in [6.45, 7) is 5.70. The molecule has 0 spiro atoms. The number of hydrogen-bond acceptors (Lipinski definition) is 2. The van der Waals surface area contributed by atoms with Crippen LogP contribution < -0.4 is 0 Å². The van der Waals surface area contributed by atoms with Gasteiger partial charge in [-0.25, -0.2) is 18.4 Å². The standard InChI is InChI=1S/C21H19F2N3/c1-12(2)26-21-19(13(3)25-26)17(20(22)23)11-18(24-21)16-10-6-8-14-7-4-5-9-15(14)16/h4-12,20H,1-3H3. The van der Waals surface area contributed by atoms with Crippen LogP contribution in [0, 0.1) is 6.92 Å². The molecule has 4 rings (SSSR count). The van der Waals surface area contributed by atoms with Crippen molar-refractivity contribution in [2.24, 2.45) is 0 Å². The van der Waals surface area contributed by atoms with Crippen LogP contribution >= 0.6 is 0 Å². The van der Waals surface area contributed by atoms with E-state index in [0.717, 1.165) is 16.3 Å². The molecule has 2 aromatic carbocycles. The third-order valence-corrected chi connectivity index (χ3v) is 4.66. The first kappa shape index (κ1) is 16.6. The number of benzene rings is 2. The van der Waals surface area contributed by atoms with E-state index in [-0.39, 0.29) is 11.6 Å². The van der Waals surface area contributed by atoms with Crippen LogP contribution in [0.3, 0.4) is 0 Å². The molecule has 0 amide bonds. The molecule has 0 fully saturated rings. The average molecular weight is 351 g/mol. The number of aromatic nitrogens is 3. The van der Waals surface area contributed by atoms with Gasteiger partial charge in [0.25, 0.3) is 6.43 Å². The summed E-state index contributed by atoms with van der Waals surface area (Å²) < 4.78 is 29.4. The Bertz CT molecular complexity index is 1110. The molecule has 0 bridgehead atoms. The maximum absolute atomic E-state index is 13.8. The van der Waals surface area contributed by atoms with Gasteiger partial charge < -0.3 is 0 Å². The molecule has 2 aromatic heterocycles. The quantitative estimate of drug-likeness (QED) is 0.448. The minimum Gasteiger partial charge on any atom is -0.244 e. The van der Waals surface area contributed by atoms with Gasteiger partial charge in [0.15, 0.2) is 5.65 Å².